The van der Waals surface area contributed by atoms with E-state index in [9.17, 15) is 22.4 Å². The van der Waals surface area contributed by atoms with E-state index in [2.05, 4.69) is 21.2 Å². The highest BCUT2D eigenvalue weighted by atomic mass is 79.9. The van der Waals surface area contributed by atoms with Crippen LogP contribution >= 0.6 is 15.9 Å². The lowest BCUT2D eigenvalue weighted by Gasteiger charge is -2.35. The molecule has 0 bridgehead atoms. The van der Waals surface area contributed by atoms with E-state index >= 15 is 0 Å². The minimum atomic E-state index is -4.26. The zero-order chi connectivity index (χ0) is 33.4. The fourth-order valence-corrected chi connectivity index (χ4v) is 7.76. The van der Waals surface area contributed by atoms with E-state index in [1.165, 1.54) is 29.2 Å². The van der Waals surface area contributed by atoms with Gasteiger partial charge >= 0.3 is 0 Å². The molecule has 1 saturated carbocycles. The van der Waals surface area contributed by atoms with Crippen LogP contribution in [0, 0.1) is 12.7 Å². The van der Waals surface area contributed by atoms with E-state index in [1.54, 1.807) is 12.1 Å². The molecule has 0 radical (unpaired) electrons. The topological polar surface area (TPSA) is 86.8 Å². The summed E-state index contributed by atoms with van der Waals surface area (Å²) in [6.07, 6.45) is 5.16. The number of sulfonamides is 1. The molecule has 2 amide bonds. The largest absolute Gasteiger partial charge is 0.352 e. The highest BCUT2D eigenvalue weighted by Crippen LogP contribution is 2.26. The van der Waals surface area contributed by atoms with E-state index in [4.69, 9.17) is 0 Å². The summed E-state index contributed by atoms with van der Waals surface area (Å²) in [4.78, 5) is 30.2. The maximum Gasteiger partial charge on any atom is 0.264 e. The first-order valence-electron chi connectivity index (χ1n) is 15.8. The zero-order valence-electron chi connectivity index (χ0n) is 26.3. The molecule has 246 valence electrons. The van der Waals surface area contributed by atoms with Gasteiger partial charge in [-0.05, 0) is 79.4 Å². The molecule has 1 N–H and O–H groups in total. The van der Waals surface area contributed by atoms with Crippen molar-refractivity contribution in [2.75, 3.05) is 10.8 Å². The van der Waals surface area contributed by atoms with Gasteiger partial charge in [-0.25, -0.2) is 12.8 Å². The summed E-state index contributed by atoms with van der Waals surface area (Å²) in [6.45, 7) is 1.32. The van der Waals surface area contributed by atoms with Gasteiger partial charge in [0.05, 0.1) is 10.6 Å². The number of amides is 2. The van der Waals surface area contributed by atoms with Crippen molar-refractivity contribution < 1.29 is 22.4 Å². The Morgan fingerprint density at radius 2 is 1.53 bits per heavy atom. The summed E-state index contributed by atoms with van der Waals surface area (Å²) < 4.78 is 44.0. The third-order valence-electron chi connectivity index (χ3n) is 8.47. The molecule has 0 heterocycles. The van der Waals surface area contributed by atoms with Crippen LogP contribution in [0.3, 0.4) is 0 Å². The molecular formula is C37H39BrFN3O4S. The highest BCUT2D eigenvalue weighted by Gasteiger charge is 2.35. The summed E-state index contributed by atoms with van der Waals surface area (Å²) in [5, 5.41) is 3.21. The molecule has 4 aromatic rings. The van der Waals surface area contributed by atoms with Crippen LogP contribution in [-0.2, 0) is 32.6 Å². The van der Waals surface area contributed by atoms with Crippen LogP contribution in [0.1, 0.15) is 48.8 Å². The number of nitrogens with zero attached hydrogens (tertiary/aromatic N) is 2. The van der Waals surface area contributed by atoms with Crippen LogP contribution in [0.5, 0.6) is 0 Å². The average molecular weight is 721 g/mol. The molecule has 1 atom stereocenters. The molecule has 1 aliphatic carbocycles. The van der Waals surface area contributed by atoms with Crippen LogP contribution < -0.4 is 9.62 Å². The summed E-state index contributed by atoms with van der Waals surface area (Å²) in [5.41, 5.74) is 2.65. The number of anilines is 1. The van der Waals surface area contributed by atoms with Gasteiger partial charge in [-0.1, -0.05) is 95.4 Å². The molecule has 10 heteroatoms. The lowest BCUT2D eigenvalue weighted by atomic mass is 9.94. The lowest BCUT2D eigenvalue weighted by Crippen LogP contribution is -2.55. The number of benzene rings is 4. The quantitative estimate of drug-likeness (QED) is 0.168. The van der Waals surface area contributed by atoms with Crippen LogP contribution in [0.15, 0.2) is 112 Å². The van der Waals surface area contributed by atoms with Crippen molar-refractivity contribution in [1.29, 1.82) is 0 Å². The molecule has 5 rings (SSSR count). The smallest absolute Gasteiger partial charge is 0.264 e. The second-order valence-corrected chi connectivity index (χ2v) is 14.8. The van der Waals surface area contributed by atoms with E-state index < -0.39 is 34.3 Å². The summed E-state index contributed by atoms with van der Waals surface area (Å²) >= 11 is 3.51. The van der Waals surface area contributed by atoms with Gasteiger partial charge in [-0.3, -0.25) is 13.9 Å². The first-order chi connectivity index (χ1) is 22.6. The molecule has 0 aromatic heterocycles. The van der Waals surface area contributed by atoms with Crippen LogP contribution in [0.25, 0.3) is 0 Å². The number of rotatable bonds is 12. The molecule has 0 aliphatic heterocycles. The van der Waals surface area contributed by atoms with Gasteiger partial charge in [0.25, 0.3) is 10.0 Å². The summed E-state index contributed by atoms with van der Waals surface area (Å²) in [5.74, 6) is -1.38. The van der Waals surface area contributed by atoms with Crippen molar-refractivity contribution in [3.8, 4) is 0 Å². The highest BCUT2D eigenvalue weighted by molar-refractivity contribution is 9.10. The fourth-order valence-electron chi connectivity index (χ4n) is 5.90. The van der Waals surface area contributed by atoms with Crippen LogP contribution in [-0.4, -0.2) is 43.8 Å². The normalized spacial score (nSPS) is 14.3. The Bertz CT molecular complexity index is 1760. The zero-order valence-corrected chi connectivity index (χ0v) is 28.7. The molecule has 47 heavy (non-hydrogen) atoms. The predicted octanol–water partition coefficient (Wildman–Crippen LogP) is 7.18. The summed E-state index contributed by atoms with van der Waals surface area (Å²) in [7, 11) is -4.26. The maximum absolute atomic E-state index is 14.6. The van der Waals surface area contributed by atoms with Gasteiger partial charge in [0.2, 0.25) is 11.8 Å². The third kappa shape index (κ3) is 9.08. The number of hydrogen-bond acceptors (Lipinski definition) is 4. The maximum atomic E-state index is 14.6. The lowest BCUT2D eigenvalue weighted by molar-refractivity contribution is -0.140. The molecule has 0 saturated heterocycles. The van der Waals surface area contributed by atoms with E-state index in [0.29, 0.717) is 0 Å². The Kier molecular flexibility index (Phi) is 11.5. The van der Waals surface area contributed by atoms with Gasteiger partial charge in [0, 0.05) is 23.5 Å². The van der Waals surface area contributed by atoms with E-state index in [-0.39, 0.29) is 35.5 Å². The van der Waals surface area contributed by atoms with Gasteiger partial charge in [-0.15, -0.1) is 0 Å². The first-order valence-corrected chi connectivity index (χ1v) is 18.1. The fraction of sp³-hybridized carbons (Fsp3) is 0.297. The van der Waals surface area contributed by atoms with Crippen molar-refractivity contribution in [3.05, 3.63) is 130 Å². The van der Waals surface area contributed by atoms with Crippen molar-refractivity contribution in [2.45, 2.75) is 69.0 Å². The minimum absolute atomic E-state index is 0.00496. The minimum Gasteiger partial charge on any atom is -0.352 e. The average Bonchev–Trinajstić information content (AvgIpc) is 3.06. The van der Waals surface area contributed by atoms with E-state index in [1.807, 2.05) is 61.5 Å². The van der Waals surface area contributed by atoms with Crippen molar-refractivity contribution in [3.63, 3.8) is 0 Å². The summed E-state index contributed by atoms with van der Waals surface area (Å²) in [6, 6.07) is 27.4. The molecular weight excluding hydrogens is 681 g/mol. The van der Waals surface area contributed by atoms with Crippen molar-refractivity contribution >= 4 is 43.5 Å². The Hall–Kier alpha value is -4.02. The molecule has 1 aliphatic rings. The Morgan fingerprint density at radius 1 is 0.872 bits per heavy atom. The number of carbonyl (C=O) groups excluding carboxylic acids is 2. The van der Waals surface area contributed by atoms with Crippen LogP contribution in [0.2, 0.25) is 0 Å². The Morgan fingerprint density at radius 3 is 2.19 bits per heavy atom. The molecule has 4 aromatic carbocycles. The molecule has 7 nitrogen and oxygen atoms in total. The molecule has 0 spiro atoms. The SMILES string of the molecule is Cc1ccc(S(=O)(=O)N(CC(=O)N(Cc2cccc(Br)c2)[C@@H](Cc2ccccc2)C(=O)NC2CCCCC2)c2ccc(F)cc2)cc1. The second kappa shape index (κ2) is 15.7. The number of carbonyl (C=O) groups is 2. The monoisotopic (exact) mass is 719 g/mol. The molecule has 0 unspecified atom stereocenters. The Labute approximate surface area is 285 Å². The van der Waals surface area contributed by atoms with Gasteiger partial charge in [0.15, 0.2) is 0 Å². The van der Waals surface area contributed by atoms with Crippen LogP contribution in [0.4, 0.5) is 10.1 Å². The van der Waals surface area contributed by atoms with Gasteiger partial charge in [0.1, 0.15) is 18.4 Å². The number of nitrogens with one attached hydrogen (secondary N) is 1. The Balaban J connectivity index is 1.56. The van der Waals surface area contributed by atoms with Crippen molar-refractivity contribution in [2.24, 2.45) is 0 Å². The van der Waals surface area contributed by atoms with E-state index in [0.717, 1.165) is 69.7 Å². The van der Waals surface area contributed by atoms with Gasteiger partial charge < -0.3 is 10.2 Å². The van der Waals surface area contributed by atoms with Crippen molar-refractivity contribution in [1.82, 2.24) is 10.2 Å². The number of halogens is 2. The number of hydrogen-bond donors (Lipinski definition) is 1. The second-order valence-electron chi connectivity index (χ2n) is 12.0. The predicted molar refractivity (Wildman–Crippen MR) is 186 cm³/mol. The standard InChI is InChI=1S/C37H39BrFN3O4S/c1-27-15-21-34(22-16-27)47(45,46)42(33-19-17-31(39)18-20-33)26-36(43)41(25-29-11-8-12-30(38)23-29)35(24-28-9-4-2-5-10-28)37(44)40-32-13-6-3-7-14-32/h2,4-5,8-12,15-23,32,35H,3,6-7,13-14,24-26H2,1H3,(H,40,44)/t35-/m0/s1. The molecule has 1 fully saturated rings. The first kappa shape index (κ1) is 34.3. The number of aryl methyl sites for hydroxylation is 1. The third-order valence-corrected chi connectivity index (χ3v) is 10.7. The van der Waals surface area contributed by atoms with Gasteiger partial charge in [-0.2, -0.15) is 0 Å².